The van der Waals surface area contributed by atoms with Gasteiger partial charge in [-0.2, -0.15) is 0 Å². The highest BCUT2D eigenvalue weighted by molar-refractivity contribution is 6.36. The van der Waals surface area contributed by atoms with Crippen LogP contribution in [0.25, 0.3) is 0 Å². The monoisotopic (exact) mass is 367 g/mol. The number of hydrogen-bond donors (Lipinski definition) is 2. The Balaban J connectivity index is 1.93. The topological polar surface area (TPSA) is 93.0 Å². The van der Waals surface area contributed by atoms with Crippen LogP contribution in [-0.2, 0) is 0 Å². The second-order valence-corrected chi connectivity index (χ2v) is 6.40. The number of nitro groups is 1. The Morgan fingerprint density at radius 3 is 2.54 bits per heavy atom. The molecular formula is C15H15Cl2N5O2. The zero-order chi connectivity index (χ0) is 17.1. The molecule has 2 aromatic rings. The Kier molecular flexibility index (Phi) is 5.01. The van der Waals surface area contributed by atoms with Crippen molar-refractivity contribution in [2.45, 2.75) is 31.7 Å². The van der Waals surface area contributed by atoms with E-state index < -0.39 is 4.92 Å². The molecule has 1 aliphatic rings. The number of rotatable bonds is 5. The zero-order valence-electron chi connectivity index (χ0n) is 12.6. The van der Waals surface area contributed by atoms with E-state index in [4.69, 9.17) is 23.2 Å². The Morgan fingerprint density at radius 1 is 1.17 bits per heavy atom. The summed E-state index contributed by atoms with van der Waals surface area (Å²) in [6, 6.07) is 5.03. The molecule has 0 radical (unpaired) electrons. The molecule has 0 spiro atoms. The first-order valence-corrected chi connectivity index (χ1v) is 8.28. The van der Waals surface area contributed by atoms with E-state index in [1.54, 1.807) is 18.2 Å². The number of hydrogen-bond acceptors (Lipinski definition) is 6. The summed E-state index contributed by atoms with van der Waals surface area (Å²) >= 11 is 12.0. The van der Waals surface area contributed by atoms with Gasteiger partial charge in [0.05, 0.1) is 15.6 Å². The number of nitrogens with one attached hydrogen (secondary N) is 2. The fraction of sp³-hybridized carbons (Fsp3) is 0.333. The molecule has 0 bridgehead atoms. The molecule has 1 heterocycles. The lowest BCUT2D eigenvalue weighted by molar-refractivity contribution is -0.383. The van der Waals surface area contributed by atoms with E-state index in [1.165, 1.54) is 6.33 Å². The van der Waals surface area contributed by atoms with Crippen LogP contribution in [-0.4, -0.2) is 20.9 Å². The molecule has 24 heavy (non-hydrogen) atoms. The minimum Gasteiger partial charge on any atom is -0.361 e. The molecule has 1 aromatic carbocycles. The predicted octanol–water partition coefficient (Wildman–Crippen LogP) is 4.79. The van der Waals surface area contributed by atoms with Crippen molar-refractivity contribution >= 4 is 46.2 Å². The standard InChI is InChI=1S/C15H15Cl2N5O2/c16-9-5-6-12(11(17)7-9)21-15-13(22(23)24)14(18-8-19-15)20-10-3-1-2-4-10/h5-8,10H,1-4H2,(H2,18,19,20,21). The number of aromatic nitrogens is 2. The quantitative estimate of drug-likeness (QED) is 0.582. The van der Waals surface area contributed by atoms with Crippen LogP contribution in [0, 0.1) is 10.1 Å². The molecule has 1 aromatic heterocycles. The van der Waals surface area contributed by atoms with Gasteiger partial charge in [0.25, 0.3) is 0 Å². The van der Waals surface area contributed by atoms with Crippen molar-refractivity contribution < 1.29 is 4.92 Å². The summed E-state index contributed by atoms with van der Waals surface area (Å²) in [7, 11) is 0. The average Bonchev–Trinajstić information content (AvgIpc) is 3.03. The minimum absolute atomic E-state index is 0.0831. The predicted molar refractivity (Wildman–Crippen MR) is 94.3 cm³/mol. The van der Waals surface area contributed by atoms with Crippen LogP contribution in [0.5, 0.6) is 0 Å². The van der Waals surface area contributed by atoms with Gasteiger partial charge < -0.3 is 10.6 Å². The minimum atomic E-state index is -0.497. The molecule has 126 valence electrons. The normalized spacial score (nSPS) is 14.6. The van der Waals surface area contributed by atoms with Crippen molar-refractivity contribution in [2.75, 3.05) is 10.6 Å². The van der Waals surface area contributed by atoms with Crippen molar-refractivity contribution in [3.63, 3.8) is 0 Å². The molecule has 1 fully saturated rings. The largest absolute Gasteiger partial charge is 0.361 e. The van der Waals surface area contributed by atoms with Crippen molar-refractivity contribution in [3.8, 4) is 0 Å². The molecule has 7 nitrogen and oxygen atoms in total. The Labute approximate surface area is 148 Å². The molecule has 1 aliphatic carbocycles. The molecule has 0 unspecified atom stereocenters. The van der Waals surface area contributed by atoms with Crippen LogP contribution in [0.2, 0.25) is 10.0 Å². The molecule has 0 atom stereocenters. The summed E-state index contributed by atoms with van der Waals surface area (Å²) < 4.78 is 0. The molecule has 1 saturated carbocycles. The lowest BCUT2D eigenvalue weighted by atomic mass is 10.2. The van der Waals surface area contributed by atoms with Crippen molar-refractivity contribution in [3.05, 3.63) is 44.7 Å². The summed E-state index contributed by atoms with van der Waals surface area (Å²) in [4.78, 5) is 19.1. The third kappa shape index (κ3) is 3.68. The summed E-state index contributed by atoms with van der Waals surface area (Å²) in [5.41, 5.74) is 0.282. The van der Waals surface area contributed by atoms with Crippen LogP contribution < -0.4 is 10.6 Å². The van der Waals surface area contributed by atoms with Crippen LogP contribution in [0.1, 0.15) is 25.7 Å². The SMILES string of the molecule is O=[N+]([O-])c1c(Nc2ccc(Cl)cc2Cl)ncnc1NC1CCCC1. The molecule has 0 amide bonds. The fourth-order valence-corrected chi connectivity index (χ4v) is 3.19. The first-order valence-electron chi connectivity index (χ1n) is 7.52. The Hall–Kier alpha value is -2.12. The van der Waals surface area contributed by atoms with Crippen LogP contribution >= 0.6 is 23.2 Å². The molecule has 0 saturated heterocycles. The summed E-state index contributed by atoms with van der Waals surface area (Å²) in [5, 5.41) is 18.4. The smallest absolute Gasteiger partial charge is 0.353 e. The van der Waals surface area contributed by atoms with Gasteiger partial charge in [-0.25, -0.2) is 9.97 Å². The van der Waals surface area contributed by atoms with E-state index in [1.807, 2.05) is 0 Å². The second-order valence-electron chi connectivity index (χ2n) is 5.55. The molecular weight excluding hydrogens is 353 g/mol. The third-order valence-corrected chi connectivity index (χ3v) is 4.43. The number of anilines is 3. The lowest BCUT2D eigenvalue weighted by Gasteiger charge is -2.14. The summed E-state index contributed by atoms with van der Waals surface area (Å²) in [6.07, 6.45) is 5.47. The first-order chi connectivity index (χ1) is 11.5. The van der Waals surface area contributed by atoms with Crippen LogP contribution in [0.4, 0.5) is 23.0 Å². The van der Waals surface area contributed by atoms with Gasteiger partial charge in [0.15, 0.2) is 0 Å². The number of nitrogens with zero attached hydrogens (tertiary/aromatic N) is 3. The van der Waals surface area contributed by atoms with E-state index in [0.29, 0.717) is 15.7 Å². The molecule has 0 aliphatic heterocycles. The average molecular weight is 368 g/mol. The van der Waals surface area contributed by atoms with Crippen molar-refractivity contribution in [1.29, 1.82) is 0 Å². The first kappa shape index (κ1) is 16.7. The van der Waals surface area contributed by atoms with Crippen molar-refractivity contribution in [2.24, 2.45) is 0 Å². The van der Waals surface area contributed by atoms with Gasteiger partial charge in [-0.1, -0.05) is 36.0 Å². The Bertz CT molecular complexity index is 766. The van der Waals surface area contributed by atoms with E-state index in [2.05, 4.69) is 20.6 Å². The van der Waals surface area contributed by atoms with Gasteiger partial charge in [-0.15, -0.1) is 0 Å². The molecule has 9 heteroatoms. The summed E-state index contributed by atoms with van der Waals surface area (Å²) in [5.74, 6) is 0.300. The van der Waals surface area contributed by atoms with Gasteiger partial charge in [0, 0.05) is 11.1 Å². The fourth-order valence-electron chi connectivity index (χ4n) is 2.73. The van der Waals surface area contributed by atoms with Gasteiger partial charge in [-0.05, 0) is 31.0 Å². The lowest BCUT2D eigenvalue weighted by Crippen LogP contribution is -2.17. The highest BCUT2D eigenvalue weighted by atomic mass is 35.5. The second kappa shape index (κ2) is 7.19. The van der Waals surface area contributed by atoms with Gasteiger partial charge >= 0.3 is 5.69 Å². The van der Waals surface area contributed by atoms with Gasteiger partial charge in [-0.3, -0.25) is 10.1 Å². The van der Waals surface area contributed by atoms with E-state index in [9.17, 15) is 10.1 Å². The van der Waals surface area contributed by atoms with Crippen LogP contribution in [0.15, 0.2) is 24.5 Å². The molecule has 3 rings (SSSR count). The highest BCUT2D eigenvalue weighted by Crippen LogP contribution is 2.35. The van der Waals surface area contributed by atoms with Crippen LogP contribution in [0.3, 0.4) is 0 Å². The maximum absolute atomic E-state index is 11.5. The van der Waals surface area contributed by atoms with E-state index in [0.717, 1.165) is 25.7 Å². The third-order valence-electron chi connectivity index (χ3n) is 3.89. The van der Waals surface area contributed by atoms with E-state index in [-0.39, 0.29) is 23.4 Å². The van der Waals surface area contributed by atoms with E-state index >= 15 is 0 Å². The number of halogens is 2. The van der Waals surface area contributed by atoms with Gasteiger partial charge in [0.1, 0.15) is 6.33 Å². The zero-order valence-corrected chi connectivity index (χ0v) is 14.1. The number of benzene rings is 1. The van der Waals surface area contributed by atoms with Gasteiger partial charge in [0.2, 0.25) is 11.6 Å². The maximum atomic E-state index is 11.5. The summed E-state index contributed by atoms with van der Waals surface area (Å²) in [6.45, 7) is 0. The maximum Gasteiger partial charge on any atom is 0.353 e. The highest BCUT2D eigenvalue weighted by Gasteiger charge is 2.26. The Morgan fingerprint density at radius 2 is 1.88 bits per heavy atom. The molecule has 2 N–H and O–H groups in total. The van der Waals surface area contributed by atoms with Crippen molar-refractivity contribution in [1.82, 2.24) is 9.97 Å².